The van der Waals surface area contributed by atoms with Gasteiger partial charge in [-0.2, -0.15) is 0 Å². The van der Waals surface area contributed by atoms with E-state index in [9.17, 15) is 4.79 Å². The Balaban J connectivity index is 1.66. The molecule has 1 amide bonds. The largest absolute Gasteiger partial charge is 0.378 e. The number of amidine groups is 1. The number of aryl methyl sites for hydroxylation is 1. The fraction of sp³-hybridized carbons (Fsp3) is 0.300. The number of carbonyl (C=O) groups excluding carboxylic acids is 1. The molecule has 5 nitrogen and oxygen atoms in total. The Bertz CT molecular complexity index is 759. The highest BCUT2D eigenvalue weighted by Crippen LogP contribution is 2.19. The molecule has 1 N–H and O–H groups in total. The summed E-state index contributed by atoms with van der Waals surface area (Å²) in [6.45, 7) is 4.93. The van der Waals surface area contributed by atoms with E-state index in [0.29, 0.717) is 19.0 Å². The summed E-state index contributed by atoms with van der Waals surface area (Å²) in [7, 11) is 0. The quantitative estimate of drug-likeness (QED) is 0.660. The second kappa shape index (κ2) is 9.40. The Kier molecular flexibility index (Phi) is 6.68. The maximum Gasteiger partial charge on any atom is 0.234 e. The van der Waals surface area contributed by atoms with Crippen LogP contribution in [0.4, 0.5) is 11.4 Å². The standard InChI is InChI=1S/C20H23N3O2S/c1-16-7-5-6-10-18(16)22-19(24)15-26-20(23-11-13-25-14-12-23)21-17-8-3-2-4-9-17/h2-10H,11-15H2,1H3,(H,22,24). The van der Waals surface area contributed by atoms with Gasteiger partial charge in [0.1, 0.15) is 0 Å². The molecule has 2 aromatic carbocycles. The second-order valence-corrected chi connectivity index (χ2v) is 6.92. The Morgan fingerprint density at radius 2 is 1.81 bits per heavy atom. The number of thioether (sulfide) groups is 1. The number of anilines is 1. The number of rotatable bonds is 4. The monoisotopic (exact) mass is 369 g/mol. The van der Waals surface area contributed by atoms with Crippen LogP contribution in [0, 0.1) is 6.92 Å². The van der Waals surface area contributed by atoms with E-state index < -0.39 is 0 Å². The van der Waals surface area contributed by atoms with E-state index in [0.717, 1.165) is 35.2 Å². The van der Waals surface area contributed by atoms with Gasteiger partial charge in [-0.25, -0.2) is 4.99 Å². The lowest BCUT2D eigenvalue weighted by Crippen LogP contribution is -2.39. The van der Waals surface area contributed by atoms with Gasteiger partial charge >= 0.3 is 0 Å². The molecule has 26 heavy (non-hydrogen) atoms. The van der Waals surface area contributed by atoms with Gasteiger partial charge in [-0.3, -0.25) is 4.79 Å². The number of para-hydroxylation sites is 2. The van der Waals surface area contributed by atoms with Gasteiger partial charge in [-0.15, -0.1) is 0 Å². The molecule has 1 aliphatic heterocycles. The van der Waals surface area contributed by atoms with Crippen LogP contribution in [0.5, 0.6) is 0 Å². The third-order valence-electron chi connectivity index (χ3n) is 4.01. The molecular weight excluding hydrogens is 346 g/mol. The van der Waals surface area contributed by atoms with E-state index in [1.807, 2.05) is 61.5 Å². The van der Waals surface area contributed by atoms with Crippen LogP contribution in [-0.4, -0.2) is 48.0 Å². The van der Waals surface area contributed by atoms with Crippen LogP contribution in [-0.2, 0) is 9.53 Å². The van der Waals surface area contributed by atoms with E-state index in [4.69, 9.17) is 9.73 Å². The minimum absolute atomic E-state index is 0.0293. The van der Waals surface area contributed by atoms with Crippen molar-refractivity contribution in [1.29, 1.82) is 0 Å². The summed E-state index contributed by atoms with van der Waals surface area (Å²) in [5.41, 5.74) is 2.80. The van der Waals surface area contributed by atoms with Crippen molar-refractivity contribution in [3.05, 3.63) is 60.2 Å². The zero-order valence-electron chi connectivity index (χ0n) is 14.9. The average Bonchev–Trinajstić information content (AvgIpc) is 2.68. The van der Waals surface area contributed by atoms with E-state index in [1.165, 1.54) is 11.8 Å². The minimum Gasteiger partial charge on any atom is -0.378 e. The van der Waals surface area contributed by atoms with Crippen molar-refractivity contribution in [2.75, 3.05) is 37.4 Å². The number of hydrogen-bond donors (Lipinski definition) is 1. The lowest BCUT2D eigenvalue weighted by Gasteiger charge is -2.29. The van der Waals surface area contributed by atoms with Gasteiger partial charge in [0.25, 0.3) is 0 Å². The molecule has 1 fully saturated rings. The van der Waals surface area contributed by atoms with Crippen LogP contribution < -0.4 is 5.32 Å². The smallest absolute Gasteiger partial charge is 0.234 e. The summed E-state index contributed by atoms with van der Waals surface area (Å²) >= 11 is 1.46. The number of amides is 1. The molecule has 3 rings (SSSR count). The van der Waals surface area contributed by atoms with Gasteiger partial charge in [0.05, 0.1) is 24.7 Å². The number of morpholine rings is 1. The molecule has 0 spiro atoms. The van der Waals surface area contributed by atoms with Crippen LogP contribution in [0.3, 0.4) is 0 Å². The lowest BCUT2D eigenvalue weighted by molar-refractivity contribution is -0.113. The molecule has 2 aromatic rings. The zero-order chi connectivity index (χ0) is 18.2. The molecule has 0 aromatic heterocycles. The predicted octanol–water partition coefficient (Wildman–Crippen LogP) is 3.69. The molecule has 1 heterocycles. The van der Waals surface area contributed by atoms with Crippen LogP contribution in [0.15, 0.2) is 59.6 Å². The molecule has 0 radical (unpaired) electrons. The molecule has 6 heteroatoms. The predicted molar refractivity (Wildman–Crippen MR) is 108 cm³/mol. The zero-order valence-corrected chi connectivity index (χ0v) is 15.7. The normalized spacial score (nSPS) is 15.0. The van der Waals surface area contributed by atoms with Gasteiger partial charge in [-0.05, 0) is 30.7 Å². The Hall–Kier alpha value is -2.31. The van der Waals surface area contributed by atoms with Crippen molar-refractivity contribution in [2.45, 2.75) is 6.92 Å². The Morgan fingerprint density at radius 1 is 1.12 bits per heavy atom. The Morgan fingerprint density at radius 3 is 2.54 bits per heavy atom. The van der Waals surface area contributed by atoms with Crippen LogP contribution >= 0.6 is 11.8 Å². The summed E-state index contributed by atoms with van der Waals surface area (Å²) < 4.78 is 5.43. The van der Waals surface area contributed by atoms with Gasteiger partial charge in [0, 0.05) is 18.8 Å². The number of benzene rings is 2. The molecule has 0 atom stereocenters. The number of carbonyl (C=O) groups is 1. The molecule has 1 aliphatic rings. The van der Waals surface area contributed by atoms with E-state index in [2.05, 4.69) is 10.2 Å². The molecular formula is C20H23N3O2S. The van der Waals surface area contributed by atoms with Crippen LogP contribution in [0.25, 0.3) is 0 Å². The first-order valence-electron chi connectivity index (χ1n) is 8.67. The first-order chi connectivity index (χ1) is 12.7. The highest BCUT2D eigenvalue weighted by molar-refractivity contribution is 8.14. The SMILES string of the molecule is Cc1ccccc1NC(=O)CSC(=Nc1ccccc1)N1CCOCC1. The van der Waals surface area contributed by atoms with Crippen LogP contribution in [0.1, 0.15) is 5.56 Å². The van der Waals surface area contributed by atoms with Crippen molar-refractivity contribution >= 4 is 34.2 Å². The van der Waals surface area contributed by atoms with E-state index in [-0.39, 0.29) is 5.91 Å². The number of nitrogens with zero attached hydrogens (tertiary/aromatic N) is 2. The first kappa shape index (κ1) is 18.5. The minimum atomic E-state index is -0.0293. The van der Waals surface area contributed by atoms with Gasteiger partial charge < -0.3 is 15.0 Å². The highest BCUT2D eigenvalue weighted by atomic mass is 32.2. The average molecular weight is 369 g/mol. The second-order valence-electron chi connectivity index (χ2n) is 5.98. The Labute approximate surface area is 158 Å². The molecule has 136 valence electrons. The van der Waals surface area contributed by atoms with Crippen molar-refractivity contribution in [3.63, 3.8) is 0 Å². The molecule has 1 saturated heterocycles. The number of hydrogen-bond acceptors (Lipinski definition) is 4. The third-order valence-corrected chi connectivity index (χ3v) is 5.03. The fourth-order valence-corrected chi connectivity index (χ4v) is 3.46. The van der Waals surface area contributed by atoms with Gasteiger partial charge in [0.2, 0.25) is 5.91 Å². The third kappa shape index (κ3) is 5.34. The van der Waals surface area contributed by atoms with E-state index >= 15 is 0 Å². The van der Waals surface area contributed by atoms with Crippen molar-refractivity contribution in [3.8, 4) is 0 Å². The fourth-order valence-electron chi connectivity index (χ4n) is 2.59. The van der Waals surface area contributed by atoms with Gasteiger partial charge in [0.15, 0.2) is 5.17 Å². The summed E-state index contributed by atoms with van der Waals surface area (Å²) in [6, 6.07) is 17.6. The molecule has 0 bridgehead atoms. The topological polar surface area (TPSA) is 53.9 Å². The van der Waals surface area contributed by atoms with Gasteiger partial charge in [-0.1, -0.05) is 48.2 Å². The lowest BCUT2D eigenvalue weighted by atomic mass is 10.2. The summed E-state index contributed by atoms with van der Waals surface area (Å²) in [4.78, 5) is 19.3. The number of ether oxygens (including phenoxy) is 1. The number of nitrogens with one attached hydrogen (secondary N) is 1. The number of aliphatic imine (C=N–C) groups is 1. The molecule has 0 unspecified atom stereocenters. The maximum absolute atomic E-state index is 12.4. The van der Waals surface area contributed by atoms with Crippen molar-refractivity contribution in [2.24, 2.45) is 4.99 Å². The maximum atomic E-state index is 12.4. The van der Waals surface area contributed by atoms with Crippen molar-refractivity contribution < 1.29 is 9.53 Å². The summed E-state index contributed by atoms with van der Waals surface area (Å²) in [6.07, 6.45) is 0. The summed E-state index contributed by atoms with van der Waals surface area (Å²) in [5, 5.41) is 3.83. The van der Waals surface area contributed by atoms with E-state index in [1.54, 1.807) is 0 Å². The molecule has 0 saturated carbocycles. The molecule has 0 aliphatic carbocycles. The highest BCUT2D eigenvalue weighted by Gasteiger charge is 2.17. The van der Waals surface area contributed by atoms with Crippen LogP contribution in [0.2, 0.25) is 0 Å². The van der Waals surface area contributed by atoms with Crippen molar-refractivity contribution in [1.82, 2.24) is 4.90 Å². The first-order valence-corrected chi connectivity index (χ1v) is 9.65. The summed E-state index contributed by atoms with van der Waals surface area (Å²) in [5.74, 6) is 0.287.